The Balaban J connectivity index is 1.93. The van der Waals surface area contributed by atoms with Crippen molar-refractivity contribution in [3.63, 3.8) is 0 Å². The zero-order valence-corrected chi connectivity index (χ0v) is 11.2. The van der Waals surface area contributed by atoms with Gasteiger partial charge in [0, 0.05) is 5.56 Å². The molecule has 0 fully saturated rings. The van der Waals surface area contributed by atoms with Gasteiger partial charge in [-0.25, -0.2) is 4.68 Å². The van der Waals surface area contributed by atoms with Gasteiger partial charge < -0.3 is 4.74 Å². The van der Waals surface area contributed by atoms with Gasteiger partial charge in [0.05, 0.1) is 0 Å². The monoisotopic (exact) mass is 274 g/mol. The summed E-state index contributed by atoms with van der Waals surface area (Å²) in [6, 6.07) is 7.10. The minimum absolute atomic E-state index is 0.126. The van der Waals surface area contributed by atoms with E-state index in [9.17, 15) is 9.59 Å². The first-order valence-corrected chi connectivity index (χ1v) is 6.07. The molecule has 104 valence electrons. The lowest BCUT2D eigenvalue weighted by atomic mass is 10.1. The number of aromatic nitrogens is 4. The van der Waals surface area contributed by atoms with Crippen LogP contribution in [0.5, 0.6) is 0 Å². The molecule has 0 N–H and O–H groups in total. The van der Waals surface area contributed by atoms with Crippen LogP contribution in [-0.4, -0.2) is 38.1 Å². The number of aryl methyl sites for hydroxylation is 1. The SMILES string of the molecule is Cc1ccc(C(=O)C(C)OC(=O)Cn2cnnn2)cc1. The summed E-state index contributed by atoms with van der Waals surface area (Å²) in [5.41, 5.74) is 1.57. The number of Topliss-reactive ketones (excluding diaryl/α,β-unsaturated/α-hetero) is 1. The molecule has 0 saturated carbocycles. The number of hydrogen-bond donors (Lipinski definition) is 0. The number of tetrazole rings is 1. The molecule has 1 atom stereocenters. The molecule has 7 nitrogen and oxygen atoms in total. The van der Waals surface area contributed by atoms with Crippen molar-refractivity contribution in [2.75, 3.05) is 0 Å². The van der Waals surface area contributed by atoms with Gasteiger partial charge >= 0.3 is 5.97 Å². The van der Waals surface area contributed by atoms with Gasteiger partial charge in [0.25, 0.3) is 0 Å². The number of hydrogen-bond acceptors (Lipinski definition) is 6. The molecule has 2 aromatic rings. The van der Waals surface area contributed by atoms with Gasteiger partial charge in [0.1, 0.15) is 12.9 Å². The molecule has 0 aliphatic heterocycles. The van der Waals surface area contributed by atoms with Gasteiger partial charge in [-0.15, -0.1) is 5.10 Å². The maximum atomic E-state index is 12.1. The van der Waals surface area contributed by atoms with E-state index in [0.717, 1.165) is 5.56 Å². The number of benzene rings is 1. The second kappa shape index (κ2) is 6.05. The maximum Gasteiger partial charge on any atom is 0.328 e. The molecule has 1 heterocycles. The van der Waals surface area contributed by atoms with Gasteiger partial charge in [-0.2, -0.15) is 0 Å². The number of rotatable bonds is 5. The standard InChI is InChI=1S/C13H14N4O3/c1-9-3-5-11(6-4-9)13(19)10(2)20-12(18)7-17-8-14-15-16-17/h3-6,8,10H,7H2,1-2H3. The van der Waals surface area contributed by atoms with Crippen LogP contribution in [0, 0.1) is 6.92 Å². The van der Waals surface area contributed by atoms with E-state index in [1.807, 2.05) is 19.1 Å². The maximum absolute atomic E-state index is 12.1. The first-order valence-electron chi connectivity index (χ1n) is 6.07. The fourth-order valence-corrected chi connectivity index (χ4v) is 1.63. The van der Waals surface area contributed by atoms with Crippen LogP contribution in [0.3, 0.4) is 0 Å². The van der Waals surface area contributed by atoms with Crippen LogP contribution >= 0.6 is 0 Å². The minimum atomic E-state index is -0.846. The molecule has 20 heavy (non-hydrogen) atoms. The van der Waals surface area contributed by atoms with Crippen molar-refractivity contribution in [1.29, 1.82) is 0 Å². The van der Waals surface area contributed by atoms with Gasteiger partial charge in [0.15, 0.2) is 6.10 Å². The van der Waals surface area contributed by atoms with Crippen molar-refractivity contribution in [3.8, 4) is 0 Å². The number of carbonyl (C=O) groups excluding carboxylic acids is 2. The van der Waals surface area contributed by atoms with Gasteiger partial charge in [-0.05, 0) is 24.3 Å². The van der Waals surface area contributed by atoms with E-state index in [4.69, 9.17) is 4.74 Å². The third kappa shape index (κ3) is 3.47. The van der Waals surface area contributed by atoms with Gasteiger partial charge in [-0.3, -0.25) is 9.59 Å². The fourth-order valence-electron chi connectivity index (χ4n) is 1.63. The normalized spacial score (nSPS) is 11.9. The van der Waals surface area contributed by atoms with Crippen molar-refractivity contribution >= 4 is 11.8 Å². The fraction of sp³-hybridized carbons (Fsp3) is 0.308. The summed E-state index contributed by atoms with van der Waals surface area (Å²) in [6.45, 7) is 3.35. The molecule has 0 saturated heterocycles. The molecule has 1 aromatic heterocycles. The van der Waals surface area contributed by atoms with Crippen LogP contribution in [0.1, 0.15) is 22.8 Å². The Kier molecular flexibility index (Phi) is 4.19. The highest BCUT2D eigenvalue weighted by Crippen LogP contribution is 2.08. The van der Waals surface area contributed by atoms with E-state index in [0.29, 0.717) is 5.56 Å². The predicted octanol–water partition coefficient (Wildman–Crippen LogP) is 0.796. The number of ketones is 1. The van der Waals surface area contributed by atoms with Crippen LogP contribution in [0.15, 0.2) is 30.6 Å². The first-order chi connectivity index (χ1) is 9.56. The van der Waals surface area contributed by atoms with E-state index in [1.54, 1.807) is 19.1 Å². The predicted molar refractivity (Wildman–Crippen MR) is 68.9 cm³/mol. The lowest BCUT2D eigenvalue weighted by Crippen LogP contribution is -2.26. The van der Waals surface area contributed by atoms with Crippen LogP contribution in [0.25, 0.3) is 0 Å². The second-order valence-electron chi connectivity index (χ2n) is 4.37. The Bertz CT molecular complexity index is 593. The van der Waals surface area contributed by atoms with E-state index < -0.39 is 12.1 Å². The molecule has 0 aliphatic carbocycles. The molecule has 0 bridgehead atoms. The molecule has 7 heteroatoms. The highest BCUT2D eigenvalue weighted by Gasteiger charge is 2.19. The third-order valence-electron chi connectivity index (χ3n) is 2.70. The average Bonchev–Trinajstić information content (AvgIpc) is 2.91. The molecule has 0 amide bonds. The summed E-state index contributed by atoms with van der Waals surface area (Å²) in [5, 5.41) is 10.4. The molecule has 0 spiro atoms. The largest absolute Gasteiger partial charge is 0.453 e. The molecule has 0 aliphatic rings. The number of ether oxygens (including phenoxy) is 1. The summed E-state index contributed by atoms with van der Waals surface area (Å²) in [5.74, 6) is -0.805. The van der Waals surface area contributed by atoms with Crippen LogP contribution in [-0.2, 0) is 16.1 Å². The Morgan fingerprint density at radius 3 is 2.60 bits per heavy atom. The van der Waals surface area contributed by atoms with E-state index in [1.165, 1.54) is 11.0 Å². The highest BCUT2D eigenvalue weighted by molar-refractivity contribution is 6.00. The average molecular weight is 274 g/mol. The Hall–Kier alpha value is -2.57. The summed E-state index contributed by atoms with van der Waals surface area (Å²) in [7, 11) is 0. The van der Waals surface area contributed by atoms with Crippen molar-refractivity contribution < 1.29 is 14.3 Å². The smallest absolute Gasteiger partial charge is 0.328 e. The third-order valence-corrected chi connectivity index (χ3v) is 2.70. The van der Waals surface area contributed by atoms with E-state index >= 15 is 0 Å². The van der Waals surface area contributed by atoms with Gasteiger partial charge in [-0.1, -0.05) is 29.8 Å². The number of carbonyl (C=O) groups is 2. The van der Waals surface area contributed by atoms with Crippen molar-refractivity contribution in [1.82, 2.24) is 20.2 Å². The number of esters is 1. The zero-order chi connectivity index (χ0) is 14.5. The van der Waals surface area contributed by atoms with Crippen LogP contribution in [0.2, 0.25) is 0 Å². The molecule has 2 rings (SSSR count). The lowest BCUT2D eigenvalue weighted by Gasteiger charge is -2.12. The summed E-state index contributed by atoms with van der Waals surface area (Å²) in [6.07, 6.45) is 0.454. The summed E-state index contributed by atoms with van der Waals surface area (Å²) >= 11 is 0. The van der Waals surface area contributed by atoms with E-state index in [2.05, 4.69) is 15.5 Å². The molecule has 0 radical (unpaired) electrons. The molecular weight excluding hydrogens is 260 g/mol. The van der Waals surface area contributed by atoms with Crippen molar-refractivity contribution in [2.45, 2.75) is 26.5 Å². The molecular formula is C13H14N4O3. The quantitative estimate of drug-likeness (QED) is 0.592. The topological polar surface area (TPSA) is 87.0 Å². The summed E-state index contributed by atoms with van der Waals surface area (Å²) in [4.78, 5) is 23.7. The lowest BCUT2D eigenvalue weighted by molar-refractivity contribution is -0.147. The van der Waals surface area contributed by atoms with Gasteiger partial charge in [0.2, 0.25) is 5.78 Å². The van der Waals surface area contributed by atoms with Crippen LogP contribution in [0.4, 0.5) is 0 Å². The Morgan fingerprint density at radius 2 is 2.00 bits per heavy atom. The molecule has 1 aromatic carbocycles. The van der Waals surface area contributed by atoms with Crippen molar-refractivity contribution in [2.24, 2.45) is 0 Å². The van der Waals surface area contributed by atoms with E-state index in [-0.39, 0.29) is 12.3 Å². The molecule has 1 unspecified atom stereocenters. The first kappa shape index (κ1) is 13.9. The second-order valence-corrected chi connectivity index (χ2v) is 4.37. The zero-order valence-electron chi connectivity index (χ0n) is 11.2. The minimum Gasteiger partial charge on any atom is -0.453 e. The summed E-state index contributed by atoms with van der Waals surface area (Å²) < 4.78 is 6.29. The van der Waals surface area contributed by atoms with Crippen molar-refractivity contribution in [3.05, 3.63) is 41.7 Å². The Labute approximate surface area is 115 Å². The number of nitrogens with zero attached hydrogens (tertiary/aromatic N) is 4. The highest BCUT2D eigenvalue weighted by atomic mass is 16.5. The Morgan fingerprint density at radius 1 is 1.30 bits per heavy atom. The van der Waals surface area contributed by atoms with Crippen LogP contribution < -0.4 is 0 Å².